The van der Waals surface area contributed by atoms with Crippen LogP contribution in [0.5, 0.6) is 0 Å². The molecule has 4 rings (SSSR count). The molecule has 1 heterocycles. The zero-order chi connectivity index (χ0) is 18.1. The average molecular weight is 346 g/mol. The van der Waals surface area contributed by atoms with Crippen molar-refractivity contribution in [2.75, 3.05) is 17.6 Å². The van der Waals surface area contributed by atoms with Crippen LogP contribution in [0.25, 0.3) is 0 Å². The maximum atomic E-state index is 13.0. The fourth-order valence-electron chi connectivity index (χ4n) is 3.30. The number of aromatic nitrogens is 2. The number of nitrogens with zero attached hydrogens (tertiary/aromatic N) is 2. The number of anilines is 2. The smallest absolute Gasteiger partial charge is 0.196 e. The number of nitrogens with one attached hydrogen (secondary N) is 1. The Morgan fingerprint density at radius 1 is 1.00 bits per heavy atom. The van der Waals surface area contributed by atoms with E-state index in [1.54, 1.807) is 48.9 Å². The molecular formula is C20H18N4O2. The number of aryl methyl sites for hydroxylation is 1. The number of imidazole rings is 1. The zero-order valence-electron chi connectivity index (χ0n) is 14.1. The van der Waals surface area contributed by atoms with Crippen LogP contribution in [-0.4, -0.2) is 27.7 Å². The lowest BCUT2D eigenvalue weighted by molar-refractivity contribution is 0.0980. The first-order valence-corrected chi connectivity index (χ1v) is 8.47. The second kappa shape index (κ2) is 6.48. The molecule has 0 radical (unpaired) electrons. The minimum atomic E-state index is -0.199. The lowest BCUT2D eigenvalue weighted by Gasteiger charge is -2.22. The van der Waals surface area contributed by atoms with Gasteiger partial charge in [0.15, 0.2) is 11.6 Å². The van der Waals surface area contributed by atoms with Gasteiger partial charge in [0.05, 0.1) is 17.5 Å². The van der Waals surface area contributed by atoms with Crippen LogP contribution in [0.3, 0.4) is 0 Å². The Labute approximate surface area is 150 Å². The van der Waals surface area contributed by atoms with Gasteiger partial charge in [0.2, 0.25) is 0 Å². The van der Waals surface area contributed by atoms with Crippen LogP contribution in [0.15, 0.2) is 55.1 Å². The topological polar surface area (TPSA) is 90.0 Å². The highest BCUT2D eigenvalue weighted by atomic mass is 16.1. The van der Waals surface area contributed by atoms with Crippen molar-refractivity contribution in [1.82, 2.24) is 9.55 Å². The molecule has 0 spiro atoms. The van der Waals surface area contributed by atoms with Crippen molar-refractivity contribution in [3.8, 4) is 0 Å². The second-order valence-electron chi connectivity index (χ2n) is 6.24. The first-order valence-electron chi connectivity index (χ1n) is 8.47. The molecule has 6 nitrogen and oxygen atoms in total. The van der Waals surface area contributed by atoms with Crippen molar-refractivity contribution in [2.45, 2.75) is 13.0 Å². The molecule has 1 aliphatic rings. The summed E-state index contributed by atoms with van der Waals surface area (Å²) in [4.78, 5) is 29.8. The number of carbonyl (C=O) groups excluding carboxylic acids is 2. The number of fused-ring (bicyclic) bond motifs is 2. The highest BCUT2D eigenvalue weighted by molar-refractivity contribution is 6.31. The molecule has 1 aliphatic carbocycles. The molecule has 6 heteroatoms. The summed E-state index contributed by atoms with van der Waals surface area (Å²) >= 11 is 0. The Kier molecular flexibility index (Phi) is 4.01. The molecule has 0 bridgehead atoms. The van der Waals surface area contributed by atoms with Crippen LogP contribution in [0.2, 0.25) is 0 Å². The largest absolute Gasteiger partial charge is 0.398 e. The Morgan fingerprint density at radius 3 is 2.42 bits per heavy atom. The van der Waals surface area contributed by atoms with Crippen molar-refractivity contribution >= 4 is 22.9 Å². The maximum Gasteiger partial charge on any atom is 0.196 e. The van der Waals surface area contributed by atoms with Crippen molar-refractivity contribution in [3.63, 3.8) is 0 Å². The predicted molar refractivity (Wildman–Crippen MR) is 99.5 cm³/mol. The fourth-order valence-corrected chi connectivity index (χ4v) is 3.30. The van der Waals surface area contributed by atoms with E-state index in [-0.39, 0.29) is 11.6 Å². The normalized spacial score (nSPS) is 12.6. The van der Waals surface area contributed by atoms with Crippen LogP contribution < -0.4 is 11.1 Å². The molecule has 0 aliphatic heterocycles. The molecule has 0 saturated carbocycles. The third kappa shape index (κ3) is 2.65. The van der Waals surface area contributed by atoms with Crippen molar-refractivity contribution < 1.29 is 9.59 Å². The number of nitrogens with two attached hydrogens (primary N) is 1. The first kappa shape index (κ1) is 16.1. The number of hydrogen-bond donors (Lipinski definition) is 2. The van der Waals surface area contributed by atoms with E-state index < -0.39 is 0 Å². The van der Waals surface area contributed by atoms with Gasteiger partial charge in [-0.15, -0.1) is 0 Å². The molecule has 1 aromatic heterocycles. The van der Waals surface area contributed by atoms with E-state index in [4.69, 9.17) is 5.73 Å². The molecule has 3 aromatic rings. The summed E-state index contributed by atoms with van der Waals surface area (Å²) in [6.07, 6.45) is 6.27. The predicted octanol–water partition coefficient (Wildman–Crippen LogP) is 2.74. The lowest BCUT2D eigenvalue weighted by atomic mass is 9.82. The highest BCUT2D eigenvalue weighted by Crippen LogP contribution is 2.35. The van der Waals surface area contributed by atoms with Crippen LogP contribution in [0, 0.1) is 0 Å². The molecule has 0 fully saturated rings. The molecule has 3 N–H and O–H groups in total. The van der Waals surface area contributed by atoms with Crippen LogP contribution >= 0.6 is 0 Å². The van der Waals surface area contributed by atoms with E-state index in [1.165, 1.54) is 0 Å². The summed E-state index contributed by atoms with van der Waals surface area (Å²) in [5.41, 5.74) is 8.51. The van der Waals surface area contributed by atoms with Gasteiger partial charge >= 0.3 is 0 Å². The fraction of sp³-hybridized carbons (Fsp3) is 0.150. The van der Waals surface area contributed by atoms with Gasteiger partial charge in [-0.2, -0.15) is 0 Å². The Hall–Kier alpha value is -3.41. The number of ketones is 2. The van der Waals surface area contributed by atoms with E-state index in [9.17, 15) is 9.59 Å². The molecule has 26 heavy (non-hydrogen) atoms. The highest BCUT2D eigenvalue weighted by Gasteiger charge is 2.33. The minimum absolute atomic E-state index is 0.167. The Balaban J connectivity index is 1.62. The van der Waals surface area contributed by atoms with E-state index in [2.05, 4.69) is 10.3 Å². The summed E-state index contributed by atoms with van der Waals surface area (Å²) in [7, 11) is 0. The van der Waals surface area contributed by atoms with Gasteiger partial charge < -0.3 is 15.6 Å². The molecule has 130 valence electrons. The molecule has 0 amide bonds. The van der Waals surface area contributed by atoms with Gasteiger partial charge in [0.25, 0.3) is 0 Å². The maximum absolute atomic E-state index is 13.0. The van der Waals surface area contributed by atoms with Gasteiger partial charge in [-0.05, 0) is 18.6 Å². The minimum Gasteiger partial charge on any atom is -0.398 e. The van der Waals surface area contributed by atoms with Gasteiger partial charge in [-0.1, -0.05) is 24.3 Å². The summed E-state index contributed by atoms with van der Waals surface area (Å²) in [6, 6.07) is 10.3. The van der Waals surface area contributed by atoms with Gasteiger partial charge in [-0.25, -0.2) is 4.98 Å². The number of carbonyl (C=O) groups is 2. The van der Waals surface area contributed by atoms with E-state index in [0.29, 0.717) is 40.2 Å². The Bertz CT molecular complexity index is 993. The average Bonchev–Trinajstić information content (AvgIpc) is 3.17. The van der Waals surface area contributed by atoms with Gasteiger partial charge in [0.1, 0.15) is 0 Å². The summed E-state index contributed by atoms with van der Waals surface area (Å²) in [5.74, 6) is -0.366. The number of nitrogen functional groups attached to an aromatic ring is 1. The van der Waals surface area contributed by atoms with E-state index in [0.717, 1.165) is 13.0 Å². The van der Waals surface area contributed by atoms with Crippen LogP contribution in [-0.2, 0) is 6.54 Å². The Morgan fingerprint density at radius 2 is 1.73 bits per heavy atom. The summed E-state index contributed by atoms with van der Waals surface area (Å²) in [5, 5.41) is 3.28. The van der Waals surface area contributed by atoms with E-state index >= 15 is 0 Å². The molecule has 0 atom stereocenters. The van der Waals surface area contributed by atoms with Gasteiger partial charge in [0, 0.05) is 48.0 Å². The summed E-state index contributed by atoms with van der Waals surface area (Å²) < 4.78 is 1.99. The standard InChI is InChI=1S/C20H18N4O2/c21-15-6-7-16(23-8-3-10-24-11-9-22-12-24)18-17(15)19(25)13-4-1-2-5-14(13)20(18)26/h1-2,4-7,9,11-12,23H,3,8,10,21H2. The monoisotopic (exact) mass is 346 g/mol. The lowest BCUT2D eigenvalue weighted by Crippen LogP contribution is -2.24. The van der Waals surface area contributed by atoms with E-state index in [1.807, 2.05) is 10.8 Å². The molecular weight excluding hydrogens is 328 g/mol. The van der Waals surface area contributed by atoms with Gasteiger partial charge in [-0.3, -0.25) is 9.59 Å². The van der Waals surface area contributed by atoms with Crippen molar-refractivity contribution in [2.24, 2.45) is 0 Å². The van der Waals surface area contributed by atoms with Crippen molar-refractivity contribution in [1.29, 1.82) is 0 Å². The number of hydrogen-bond acceptors (Lipinski definition) is 5. The van der Waals surface area contributed by atoms with Crippen molar-refractivity contribution in [3.05, 3.63) is 77.4 Å². The first-order chi connectivity index (χ1) is 12.7. The van der Waals surface area contributed by atoms with Crippen LogP contribution in [0.1, 0.15) is 38.3 Å². The number of rotatable bonds is 5. The molecule has 2 aromatic carbocycles. The second-order valence-corrected chi connectivity index (χ2v) is 6.24. The number of benzene rings is 2. The molecule has 0 unspecified atom stereocenters. The zero-order valence-corrected chi connectivity index (χ0v) is 14.1. The quantitative estimate of drug-likeness (QED) is 0.428. The molecule has 0 saturated heterocycles. The summed E-state index contributed by atoms with van der Waals surface area (Å²) in [6.45, 7) is 1.48. The SMILES string of the molecule is Nc1ccc(NCCCn2ccnc2)c2c1C(=O)c1ccccc1C2=O. The van der Waals surface area contributed by atoms with Crippen LogP contribution in [0.4, 0.5) is 11.4 Å². The third-order valence-electron chi connectivity index (χ3n) is 4.58. The third-order valence-corrected chi connectivity index (χ3v) is 4.58.